The molecule has 0 saturated heterocycles. The maximum atomic E-state index is 6.01. The Morgan fingerprint density at radius 3 is 2.60 bits per heavy atom. The maximum absolute atomic E-state index is 6.01. The Balaban J connectivity index is 2.26. The number of nitrogens with two attached hydrogens (primary N) is 1. The minimum absolute atomic E-state index is 0.406. The number of anilines is 1. The van der Waals surface area contributed by atoms with Crippen LogP contribution in [0.2, 0.25) is 0 Å². The van der Waals surface area contributed by atoms with Gasteiger partial charge in [0.05, 0.1) is 13.1 Å². The zero-order valence-electron chi connectivity index (χ0n) is 10.5. The molecule has 20 heavy (non-hydrogen) atoms. The lowest BCUT2D eigenvalue weighted by molar-refractivity contribution is 0.436. The number of aromatic nitrogens is 1. The first-order valence-corrected chi connectivity index (χ1v) is 8.24. The van der Waals surface area contributed by atoms with Crippen LogP contribution in [0.5, 0.6) is 0 Å². The Morgan fingerprint density at radius 2 is 1.95 bits per heavy atom. The number of hydrogen-bond acceptors (Lipinski definition) is 4. The highest BCUT2D eigenvalue weighted by Crippen LogP contribution is 2.44. The van der Waals surface area contributed by atoms with Gasteiger partial charge in [0.2, 0.25) is 0 Å². The van der Waals surface area contributed by atoms with Gasteiger partial charge in [-0.1, -0.05) is 29.4 Å². The van der Waals surface area contributed by atoms with Crippen molar-refractivity contribution in [1.29, 1.82) is 0 Å². The van der Waals surface area contributed by atoms with Crippen LogP contribution in [-0.4, -0.2) is 5.16 Å². The second kappa shape index (κ2) is 5.35. The molecular formula is C14H10Br2N2OS. The molecule has 0 atom stereocenters. The van der Waals surface area contributed by atoms with E-state index in [0.717, 1.165) is 29.8 Å². The molecule has 2 N–H and O–H groups in total. The average molecular weight is 414 g/mol. The van der Waals surface area contributed by atoms with Crippen molar-refractivity contribution in [2.45, 2.75) is 6.92 Å². The van der Waals surface area contributed by atoms with Crippen LogP contribution < -0.4 is 5.73 Å². The van der Waals surface area contributed by atoms with Crippen LogP contribution in [0.4, 0.5) is 5.82 Å². The fraction of sp³-hybridized carbons (Fsp3) is 0.0714. The number of halogens is 2. The van der Waals surface area contributed by atoms with Gasteiger partial charge in [0.15, 0.2) is 11.6 Å². The molecule has 0 aliphatic rings. The second-order valence-electron chi connectivity index (χ2n) is 4.32. The third kappa shape index (κ3) is 2.32. The zero-order chi connectivity index (χ0) is 14.3. The first-order chi connectivity index (χ1) is 9.58. The van der Waals surface area contributed by atoms with Gasteiger partial charge in [-0.15, -0.1) is 11.3 Å². The lowest BCUT2D eigenvalue weighted by Gasteiger charge is -2.05. The summed E-state index contributed by atoms with van der Waals surface area (Å²) < 4.78 is 7.47. The summed E-state index contributed by atoms with van der Waals surface area (Å²) in [5.74, 6) is 1.09. The van der Waals surface area contributed by atoms with Crippen molar-refractivity contribution in [2.24, 2.45) is 0 Å². The molecule has 1 aromatic carbocycles. The molecule has 102 valence electrons. The Morgan fingerprint density at radius 1 is 1.20 bits per heavy atom. The van der Waals surface area contributed by atoms with E-state index in [1.54, 1.807) is 11.3 Å². The molecule has 0 fully saturated rings. The SMILES string of the molecule is Cc1ccccc1-c1c(N)noc1-c1cc(Br)sc1Br. The predicted octanol–water partition coefficient (Wildman–Crippen LogP) is 5.49. The van der Waals surface area contributed by atoms with E-state index in [1.165, 1.54) is 0 Å². The van der Waals surface area contributed by atoms with Gasteiger partial charge in [-0.25, -0.2) is 0 Å². The molecular weight excluding hydrogens is 404 g/mol. The molecule has 0 bridgehead atoms. The minimum atomic E-state index is 0.406. The summed E-state index contributed by atoms with van der Waals surface area (Å²) in [5.41, 5.74) is 9.97. The number of aryl methyl sites for hydroxylation is 1. The number of benzene rings is 1. The van der Waals surface area contributed by atoms with Gasteiger partial charge in [-0.3, -0.25) is 0 Å². The van der Waals surface area contributed by atoms with Crippen LogP contribution in [0, 0.1) is 6.92 Å². The predicted molar refractivity (Wildman–Crippen MR) is 89.8 cm³/mol. The summed E-state index contributed by atoms with van der Waals surface area (Å²) in [6.45, 7) is 2.05. The summed E-state index contributed by atoms with van der Waals surface area (Å²) in [4.78, 5) is 0. The highest BCUT2D eigenvalue weighted by Gasteiger charge is 2.22. The molecule has 0 saturated carbocycles. The lowest BCUT2D eigenvalue weighted by atomic mass is 9.99. The van der Waals surface area contributed by atoms with Gasteiger partial charge in [0, 0.05) is 5.56 Å². The van der Waals surface area contributed by atoms with Gasteiger partial charge >= 0.3 is 0 Å². The van der Waals surface area contributed by atoms with Crippen LogP contribution in [-0.2, 0) is 0 Å². The average Bonchev–Trinajstić information content (AvgIpc) is 2.93. The largest absolute Gasteiger partial charge is 0.380 e. The Labute approximate surface area is 137 Å². The molecule has 0 amide bonds. The van der Waals surface area contributed by atoms with Crippen molar-refractivity contribution >= 4 is 49.0 Å². The van der Waals surface area contributed by atoms with Crippen molar-refractivity contribution in [3.63, 3.8) is 0 Å². The van der Waals surface area contributed by atoms with Crippen molar-refractivity contribution < 1.29 is 4.52 Å². The number of rotatable bonds is 2. The molecule has 0 aliphatic carbocycles. The summed E-state index contributed by atoms with van der Waals surface area (Å²) in [7, 11) is 0. The molecule has 3 aromatic rings. The van der Waals surface area contributed by atoms with Crippen LogP contribution in [0.15, 0.2) is 42.4 Å². The van der Waals surface area contributed by atoms with Crippen molar-refractivity contribution in [3.8, 4) is 22.5 Å². The van der Waals surface area contributed by atoms with E-state index in [9.17, 15) is 0 Å². The molecule has 0 aliphatic heterocycles. The van der Waals surface area contributed by atoms with E-state index in [2.05, 4.69) is 37.0 Å². The van der Waals surface area contributed by atoms with Gasteiger partial charge in [-0.05, 0) is 56.0 Å². The Hall–Kier alpha value is -1.11. The van der Waals surface area contributed by atoms with E-state index in [-0.39, 0.29) is 0 Å². The maximum Gasteiger partial charge on any atom is 0.178 e. The van der Waals surface area contributed by atoms with Gasteiger partial charge in [0.25, 0.3) is 0 Å². The van der Waals surface area contributed by atoms with E-state index in [1.807, 2.05) is 37.3 Å². The molecule has 3 nitrogen and oxygen atoms in total. The molecule has 3 rings (SSSR count). The topological polar surface area (TPSA) is 52.0 Å². The lowest BCUT2D eigenvalue weighted by Crippen LogP contribution is -1.90. The first kappa shape index (κ1) is 13.9. The second-order valence-corrected chi connectivity index (χ2v) is 8.07. The van der Waals surface area contributed by atoms with E-state index in [4.69, 9.17) is 10.3 Å². The van der Waals surface area contributed by atoms with Crippen LogP contribution in [0.25, 0.3) is 22.5 Å². The normalized spacial score (nSPS) is 10.9. The van der Waals surface area contributed by atoms with E-state index >= 15 is 0 Å². The third-order valence-electron chi connectivity index (χ3n) is 3.03. The standard InChI is InChI=1S/C14H10Br2N2OS/c1-7-4-2-3-5-8(7)11-12(19-18-14(11)17)9-6-10(15)20-13(9)16/h2-6H,1H3,(H2,17,18). The molecule has 0 spiro atoms. The summed E-state index contributed by atoms with van der Waals surface area (Å²) in [6, 6.07) is 10.0. The number of nitrogen functional groups attached to an aromatic ring is 1. The van der Waals surface area contributed by atoms with Crippen molar-refractivity contribution in [2.75, 3.05) is 5.73 Å². The summed E-state index contributed by atoms with van der Waals surface area (Å²) in [5, 5.41) is 3.93. The van der Waals surface area contributed by atoms with E-state index in [0.29, 0.717) is 11.6 Å². The van der Waals surface area contributed by atoms with Gasteiger partial charge in [0.1, 0.15) is 0 Å². The quantitative estimate of drug-likeness (QED) is 0.604. The third-order valence-corrected chi connectivity index (χ3v) is 5.37. The number of thiophene rings is 1. The van der Waals surface area contributed by atoms with Crippen molar-refractivity contribution in [1.82, 2.24) is 5.16 Å². The zero-order valence-corrected chi connectivity index (χ0v) is 14.5. The molecule has 0 radical (unpaired) electrons. The minimum Gasteiger partial charge on any atom is -0.380 e. The van der Waals surface area contributed by atoms with Crippen LogP contribution in [0.3, 0.4) is 0 Å². The molecule has 2 aromatic heterocycles. The highest BCUT2D eigenvalue weighted by atomic mass is 79.9. The van der Waals surface area contributed by atoms with Gasteiger partial charge in [-0.2, -0.15) is 0 Å². The van der Waals surface area contributed by atoms with Crippen LogP contribution >= 0.6 is 43.2 Å². The molecule has 0 unspecified atom stereocenters. The van der Waals surface area contributed by atoms with Crippen molar-refractivity contribution in [3.05, 3.63) is 43.5 Å². The monoisotopic (exact) mass is 412 g/mol. The molecule has 2 heterocycles. The first-order valence-electron chi connectivity index (χ1n) is 5.84. The number of nitrogens with zero attached hydrogens (tertiary/aromatic N) is 1. The number of hydrogen-bond donors (Lipinski definition) is 1. The molecule has 6 heteroatoms. The Bertz CT molecular complexity index is 779. The fourth-order valence-electron chi connectivity index (χ4n) is 2.10. The summed E-state index contributed by atoms with van der Waals surface area (Å²) in [6.07, 6.45) is 0. The fourth-order valence-corrected chi connectivity index (χ4v) is 4.89. The smallest absolute Gasteiger partial charge is 0.178 e. The van der Waals surface area contributed by atoms with Gasteiger partial charge < -0.3 is 10.3 Å². The van der Waals surface area contributed by atoms with Crippen LogP contribution in [0.1, 0.15) is 5.56 Å². The van der Waals surface area contributed by atoms with E-state index < -0.39 is 0 Å². The highest BCUT2D eigenvalue weighted by molar-refractivity contribution is 9.12. The Kier molecular flexibility index (Phi) is 3.70. The summed E-state index contributed by atoms with van der Waals surface area (Å²) >= 11 is 8.61.